The zero-order valence-corrected chi connectivity index (χ0v) is 22.1. The van der Waals surface area contributed by atoms with Crippen LogP contribution in [0.2, 0.25) is 5.02 Å². The van der Waals surface area contributed by atoms with Crippen LogP contribution >= 0.6 is 11.6 Å². The summed E-state index contributed by atoms with van der Waals surface area (Å²) < 4.78 is 10.8. The molecule has 1 aromatic rings. The van der Waals surface area contributed by atoms with Crippen molar-refractivity contribution in [3.05, 3.63) is 34.9 Å². The van der Waals surface area contributed by atoms with E-state index >= 15 is 0 Å². The van der Waals surface area contributed by atoms with Crippen LogP contribution in [0.5, 0.6) is 0 Å². The van der Waals surface area contributed by atoms with E-state index in [1.165, 1.54) is 7.11 Å². The number of aliphatic hydroxyl groups excluding tert-OH is 1. The molecule has 36 heavy (non-hydrogen) atoms. The Morgan fingerprint density at radius 1 is 1.19 bits per heavy atom. The van der Waals surface area contributed by atoms with Crippen molar-refractivity contribution in [3.63, 3.8) is 0 Å². The Morgan fingerprint density at radius 3 is 2.64 bits per heavy atom. The zero-order chi connectivity index (χ0) is 25.9. The van der Waals surface area contributed by atoms with E-state index in [0.717, 1.165) is 44.1 Å². The second-order valence-corrected chi connectivity index (χ2v) is 10.2. The van der Waals surface area contributed by atoms with E-state index in [2.05, 4.69) is 20.7 Å². The molecule has 1 aliphatic carbocycles. The summed E-state index contributed by atoms with van der Waals surface area (Å²) in [6.07, 6.45) is 4.68. The van der Waals surface area contributed by atoms with E-state index in [1.54, 1.807) is 0 Å². The van der Waals surface area contributed by atoms with Gasteiger partial charge in [-0.05, 0) is 56.3 Å². The first-order chi connectivity index (χ1) is 17.4. The van der Waals surface area contributed by atoms with Gasteiger partial charge in [0.25, 0.3) is 0 Å². The number of likely N-dealkylation sites (N-methyl/N-ethyl adjacent to an activating group) is 1. The highest BCUT2D eigenvalue weighted by Gasteiger charge is 2.34. The monoisotopic (exact) mass is 524 g/mol. The van der Waals surface area contributed by atoms with Crippen LogP contribution in [0.1, 0.15) is 50.2 Å². The van der Waals surface area contributed by atoms with Crippen molar-refractivity contribution >= 4 is 23.7 Å². The standard InChI is InChI=1S/C26H41ClN4O5/c1-28-16-22(23(32)18-7-3-4-8-18)30-25(33)31-13-6-10-20(17-31)24(19-9-5-11-21(27)15-19)36-14-12-29-26(34)35-2/h5,9,11,15,18,20,22-24,28,32H,3-4,6-8,10,12-14,16-17H2,1-2H3,(H,29,34)(H,30,33)/t20-,22?,23?,24+/m1/s1. The number of aliphatic hydroxyl groups is 1. The number of nitrogens with zero attached hydrogens (tertiary/aromatic N) is 1. The molecule has 1 saturated heterocycles. The van der Waals surface area contributed by atoms with Crippen LogP contribution in [-0.2, 0) is 9.47 Å². The lowest BCUT2D eigenvalue weighted by molar-refractivity contribution is -0.00920. The highest BCUT2D eigenvalue weighted by Crippen LogP contribution is 2.34. The number of methoxy groups -OCH3 is 1. The Labute approximate surface area is 219 Å². The third kappa shape index (κ3) is 8.23. The number of carbonyl (C=O) groups excluding carboxylic acids is 2. The summed E-state index contributed by atoms with van der Waals surface area (Å²) in [6.45, 7) is 2.31. The van der Waals surface area contributed by atoms with Crippen LogP contribution in [-0.4, -0.2) is 81.2 Å². The van der Waals surface area contributed by atoms with Crippen LogP contribution in [0.3, 0.4) is 0 Å². The summed E-state index contributed by atoms with van der Waals surface area (Å²) in [6, 6.07) is 7.08. The van der Waals surface area contributed by atoms with Gasteiger partial charge in [0.2, 0.25) is 0 Å². The van der Waals surface area contributed by atoms with Gasteiger partial charge in [-0.2, -0.15) is 0 Å². The second kappa shape index (κ2) is 14.6. The van der Waals surface area contributed by atoms with Crippen molar-refractivity contribution in [2.24, 2.45) is 11.8 Å². The number of piperidine rings is 1. The van der Waals surface area contributed by atoms with Crippen molar-refractivity contribution in [2.45, 2.75) is 56.8 Å². The fraction of sp³-hybridized carbons (Fsp3) is 0.692. The van der Waals surface area contributed by atoms with E-state index in [-0.39, 0.29) is 30.0 Å². The van der Waals surface area contributed by atoms with Gasteiger partial charge in [-0.15, -0.1) is 0 Å². The number of urea groups is 1. The lowest BCUT2D eigenvalue weighted by Gasteiger charge is -2.38. The molecule has 202 valence electrons. The van der Waals surface area contributed by atoms with E-state index < -0.39 is 12.2 Å². The second-order valence-electron chi connectivity index (χ2n) is 9.76. The molecule has 3 amide bonds. The molecule has 2 fully saturated rings. The maximum atomic E-state index is 13.3. The predicted octanol–water partition coefficient (Wildman–Crippen LogP) is 3.31. The first kappa shape index (κ1) is 28.5. The molecule has 4 atom stereocenters. The van der Waals surface area contributed by atoms with Gasteiger partial charge in [0.05, 0.1) is 32.0 Å². The molecule has 4 N–H and O–H groups in total. The number of likely N-dealkylation sites (tertiary alicyclic amines) is 1. The number of amides is 3. The molecule has 1 aliphatic heterocycles. The maximum absolute atomic E-state index is 13.3. The number of carbonyl (C=O) groups is 2. The Bertz CT molecular complexity index is 838. The number of hydrogen-bond acceptors (Lipinski definition) is 6. The van der Waals surface area contributed by atoms with E-state index in [0.29, 0.717) is 37.8 Å². The molecular weight excluding hydrogens is 484 g/mol. The van der Waals surface area contributed by atoms with Gasteiger partial charge in [-0.1, -0.05) is 36.6 Å². The van der Waals surface area contributed by atoms with Crippen LogP contribution < -0.4 is 16.0 Å². The van der Waals surface area contributed by atoms with Gasteiger partial charge in [-0.3, -0.25) is 0 Å². The maximum Gasteiger partial charge on any atom is 0.406 e. The summed E-state index contributed by atoms with van der Waals surface area (Å²) in [5.41, 5.74) is 0.942. The first-order valence-corrected chi connectivity index (χ1v) is 13.4. The number of rotatable bonds is 11. The van der Waals surface area contributed by atoms with Crippen LogP contribution in [0.15, 0.2) is 24.3 Å². The first-order valence-electron chi connectivity index (χ1n) is 13.0. The van der Waals surface area contributed by atoms with Crippen molar-refractivity contribution < 1.29 is 24.2 Å². The molecular formula is C26H41ClN4O5. The molecule has 1 heterocycles. The largest absolute Gasteiger partial charge is 0.453 e. The highest BCUT2D eigenvalue weighted by molar-refractivity contribution is 6.30. The minimum atomic E-state index is -0.561. The Morgan fingerprint density at radius 2 is 1.94 bits per heavy atom. The fourth-order valence-corrected chi connectivity index (χ4v) is 5.59. The molecule has 1 saturated carbocycles. The Kier molecular flexibility index (Phi) is 11.6. The topological polar surface area (TPSA) is 112 Å². The van der Waals surface area contributed by atoms with Crippen LogP contribution in [0.4, 0.5) is 9.59 Å². The van der Waals surface area contributed by atoms with Gasteiger partial charge in [-0.25, -0.2) is 9.59 Å². The van der Waals surface area contributed by atoms with E-state index in [4.69, 9.17) is 16.3 Å². The molecule has 9 nitrogen and oxygen atoms in total. The van der Waals surface area contributed by atoms with Gasteiger partial charge >= 0.3 is 12.1 Å². The number of ether oxygens (including phenoxy) is 2. The van der Waals surface area contributed by atoms with Crippen molar-refractivity contribution in [1.29, 1.82) is 0 Å². The third-order valence-electron chi connectivity index (χ3n) is 7.23. The van der Waals surface area contributed by atoms with Crippen LogP contribution in [0, 0.1) is 11.8 Å². The Hall–Kier alpha value is -2.07. The zero-order valence-electron chi connectivity index (χ0n) is 21.4. The number of hydrogen-bond donors (Lipinski definition) is 4. The smallest absolute Gasteiger partial charge is 0.406 e. The van der Waals surface area contributed by atoms with E-state index in [9.17, 15) is 14.7 Å². The molecule has 1 aromatic carbocycles. The molecule has 2 aliphatic rings. The summed E-state index contributed by atoms with van der Waals surface area (Å²) in [5.74, 6) is 0.292. The van der Waals surface area contributed by atoms with Crippen molar-refractivity contribution in [3.8, 4) is 0 Å². The Balaban J connectivity index is 1.65. The van der Waals surface area contributed by atoms with Gasteiger partial charge < -0.3 is 35.4 Å². The average molecular weight is 525 g/mol. The van der Waals surface area contributed by atoms with Gasteiger partial charge in [0, 0.05) is 37.1 Å². The molecule has 10 heteroatoms. The summed E-state index contributed by atoms with van der Waals surface area (Å²) in [7, 11) is 3.15. The molecule has 0 radical (unpaired) electrons. The molecule has 0 aromatic heterocycles. The average Bonchev–Trinajstić information content (AvgIpc) is 3.43. The molecule has 0 spiro atoms. The summed E-state index contributed by atoms with van der Waals surface area (Å²) >= 11 is 6.27. The number of benzene rings is 1. The SMILES string of the molecule is CNCC(NC(=O)N1CCC[C@@H]([C@@H](OCCNC(=O)OC)c2cccc(Cl)c2)C1)C(O)C1CCCC1. The lowest BCUT2D eigenvalue weighted by atomic mass is 9.88. The normalized spacial score (nSPS) is 21.0. The molecule has 3 rings (SSSR count). The molecule has 2 unspecified atom stereocenters. The highest BCUT2D eigenvalue weighted by atomic mass is 35.5. The number of nitrogens with one attached hydrogen (secondary N) is 3. The third-order valence-corrected chi connectivity index (χ3v) is 7.47. The summed E-state index contributed by atoms with van der Waals surface area (Å²) in [4.78, 5) is 26.5. The van der Waals surface area contributed by atoms with Gasteiger partial charge in [0.1, 0.15) is 0 Å². The van der Waals surface area contributed by atoms with Gasteiger partial charge in [0.15, 0.2) is 0 Å². The van der Waals surface area contributed by atoms with Crippen LogP contribution in [0.25, 0.3) is 0 Å². The van der Waals surface area contributed by atoms with Crippen molar-refractivity contribution in [2.75, 3.05) is 46.9 Å². The number of alkyl carbamates (subject to hydrolysis) is 1. The number of halogens is 1. The molecule has 0 bridgehead atoms. The lowest BCUT2D eigenvalue weighted by Crippen LogP contribution is -2.56. The quantitative estimate of drug-likeness (QED) is 0.330. The predicted molar refractivity (Wildman–Crippen MR) is 139 cm³/mol. The fourth-order valence-electron chi connectivity index (χ4n) is 5.40. The van der Waals surface area contributed by atoms with E-state index in [1.807, 2.05) is 36.2 Å². The minimum absolute atomic E-state index is 0.0589. The summed E-state index contributed by atoms with van der Waals surface area (Å²) in [5, 5.41) is 20.4. The van der Waals surface area contributed by atoms with Crippen molar-refractivity contribution in [1.82, 2.24) is 20.9 Å². The minimum Gasteiger partial charge on any atom is -0.453 e.